The Kier molecular flexibility index (Phi) is 4.57. The molecular formula is C22H17N3OS. The molecule has 2 N–H and O–H groups in total. The second-order valence-corrected chi connectivity index (χ2v) is 7.66. The summed E-state index contributed by atoms with van der Waals surface area (Å²) < 4.78 is 0. The van der Waals surface area contributed by atoms with Gasteiger partial charge >= 0.3 is 0 Å². The number of rotatable bonds is 4. The highest BCUT2D eigenvalue weighted by Crippen LogP contribution is 2.32. The Balaban J connectivity index is 1.65. The van der Waals surface area contributed by atoms with Crippen LogP contribution in [0.25, 0.3) is 27.4 Å². The summed E-state index contributed by atoms with van der Waals surface area (Å²) in [4.78, 5) is 8.58. The summed E-state index contributed by atoms with van der Waals surface area (Å²) in [5.74, 6) is 0.414. The average molecular weight is 371 g/mol. The van der Waals surface area contributed by atoms with Crippen LogP contribution in [0.4, 0.5) is 0 Å². The molecule has 0 radical (unpaired) electrons. The number of aliphatic hydroxyl groups excluding tert-OH is 1. The summed E-state index contributed by atoms with van der Waals surface area (Å²) in [6.45, 7) is 1.88. The van der Waals surface area contributed by atoms with E-state index in [2.05, 4.69) is 40.3 Å². The molecule has 132 valence electrons. The summed E-state index contributed by atoms with van der Waals surface area (Å²) >= 11 is 1.51. The van der Waals surface area contributed by atoms with Crippen molar-refractivity contribution in [3.63, 3.8) is 0 Å². The zero-order valence-corrected chi connectivity index (χ0v) is 15.5. The zero-order chi connectivity index (χ0) is 18.8. The molecule has 0 aliphatic heterocycles. The molecule has 4 rings (SSSR count). The third kappa shape index (κ3) is 3.40. The number of allylic oxidation sites excluding steroid dienone is 1. The lowest BCUT2D eigenvalue weighted by Crippen LogP contribution is -2.04. The molecule has 0 fully saturated rings. The van der Waals surface area contributed by atoms with E-state index < -0.39 is 0 Å². The first-order chi connectivity index (χ1) is 13.2. The molecule has 0 bridgehead atoms. The van der Waals surface area contributed by atoms with Gasteiger partial charge in [-0.2, -0.15) is 5.26 Å². The Labute approximate surface area is 161 Å². The van der Waals surface area contributed by atoms with Crippen LogP contribution in [0.5, 0.6) is 0 Å². The maximum atomic E-state index is 10.7. The minimum Gasteiger partial charge on any atom is -0.510 e. The number of thioether (sulfide) groups is 1. The van der Waals surface area contributed by atoms with Crippen LogP contribution in [0.1, 0.15) is 12.7 Å². The molecule has 0 saturated carbocycles. The number of para-hydroxylation sites is 2. The molecular weight excluding hydrogens is 354 g/mol. The highest BCUT2D eigenvalue weighted by molar-refractivity contribution is 8.00. The van der Waals surface area contributed by atoms with Crippen molar-refractivity contribution < 1.29 is 5.11 Å². The molecule has 1 heterocycles. The van der Waals surface area contributed by atoms with Crippen LogP contribution < -0.4 is 0 Å². The van der Waals surface area contributed by atoms with Gasteiger partial charge in [-0.15, -0.1) is 11.8 Å². The Bertz CT molecular complexity index is 1170. The molecule has 4 nitrogen and oxygen atoms in total. The van der Waals surface area contributed by atoms with Crippen LogP contribution in [0, 0.1) is 11.3 Å². The largest absolute Gasteiger partial charge is 0.510 e. The van der Waals surface area contributed by atoms with Crippen molar-refractivity contribution >= 4 is 39.1 Å². The van der Waals surface area contributed by atoms with Gasteiger partial charge in [-0.1, -0.05) is 42.5 Å². The van der Waals surface area contributed by atoms with Crippen LogP contribution in [-0.2, 0) is 0 Å². The van der Waals surface area contributed by atoms with E-state index in [1.54, 1.807) is 0 Å². The monoisotopic (exact) mass is 371 g/mol. The first-order valence-corrected chi connectivity index (χ1v) is 9.47. The highest BCUT2D eigenvalue weighted by Gasteiger charge is 2.19. The van der Waals surface area contributed by atoms with Gasteiger partial charge in [0.2, 0.25) is 0 Å². The van der Waals surface area contributed by atoms with Crippen molar-refractivity contribution in [1.82, 2.24) is 9.97 Å². The number of hydrogen-bond donors (Lipinski definition) is 2. The molecule has 1 atom stereocenters. The normalized spacial score (nSPS) is 13.3. The molecule has 4 aromatic rings. The predicted octanol–water partition coefficient (Wildman–Crippen LogP) is 5.69. The maximum Gasteiger partial charge on any atom is 0.152 e. The van der Waals surface area contributed by atoms with Crippen LogP contribution >= 0.6 is 11.8 Å². The van der Waals surface area contributed by atoms with E-state index >= 15 is 0 Å². The molecule has 0 unspecified atom stereocenters. The van der Waals surface area contributed by atoms with Gasteiger partial charge in [0.05, 0.1) is 16.3 Å². The van der Waals surface area contributed by atoms with Gasteiger partial charge in [-0.05, 0) is 42.0 Å². The fourth-order valence-corrected chi connectivity index (χ4v) is 3.99. The highest BCUT2D eigenvalue weighted by atomic mass is 32.2. The summed E-state index contributed by atoms with van der Waals surface area (Å²) in [5, 5.41) is 22.3. The zero-order valence-electron chi connectivity index (χ0n) is 14.7. The van der Waals surface area contributed by atoms with E-state index in [1.807, 2.05) is 49.4 Å². The van der Waals surface area contributed by atoms with E-state index in [0.29, 0.717) is 5.82 Å². The molecule has 5 heteroatoms. The quantitative estimate of drug-likeness (QED) is 0.275. The number of nitrogens with zero attached hydrogens (tertiary/aromatic N) is 2. The van der Waals surface area contributed by atoms with Crippen molar-refractivity contribution in [2.24, 2.45) is 0 Å². The third-order valence-corrected chi connectivity index (χ3v) is 5.52. The second-order valence-electron chi connectivity index (χ2n) is 6.24. The number of imidazole rings is 1. The summed E-state index contributed by atoms with van der Waals surface area (Å²) in [6.07, 6.45) is 0. The molecule has 0 amide bonds. The van der Waals surface area contributed by atoms with Crippen LogP contribution in [0.3, 0.4) is 0 Å². The molecule has 27 heavy (non-hydrogen) atoms. The number of nitriles is 1. The molecule has 0 aliphatic carbocycles. The van der Waals surface area contributed by atoms with Crippen molar-refractivity contribution in [3.05, 3.63) is 78.3 Å². The summed E-state index contributed by atoms with van der Waals surface area (Å²) in [5.41, 5.74) is 1.78. The number of benzene rings is 3. The maximum absolute atomic E-state index is 10.7. The first-order valence-electron chi connectivity index (χ1n) is 8.59. The van der Waals surface area contributed by atoms with E-state index in [1.165, 1.54) is 17.1 Å². The fourth-order valence-electron chi connectivity index (χ4n) is 3.01. The third-order valence-electron chi connectivity index (χ3n) is 4.41. The average Bonchev–Trinajstić information content (AvgIpc) is 3.12. The molecule has 3 aromatic carbocycles. The summed E-state index contributed by atoms with van der Waals surface area (Å²) in [7, 11) is 0. The molecule has 0 aliphatic rings. The number of aromatic amines is 1. The van der Waals surface area contributed by atoms with E-state index in [0.717, 1.165) is 21.3 Å². The van der Waals surface area contributed by atoms with Crippen LogP contribution in [-0.4, -0.2) is 20.3 Å². The Morgan fingerprint density at radius 2 is 1.81 bits per heavy atom. The topological polar surface area (TPSA) is 72.7 Å². The number of fused-ring (bicyclic) bond motifs is 2. The van der Waals surface area contributed by atoms with E-state index in [4.69, 9.17) is 0 Å². The second kappa shape index (κ2) is 7.18. The van der Waals surface area contributed by atoms with Gasteiger partial charge in [0.1, 0.15) is 17.4 Å². The van der Waals surface area contributed by atoms with Gasteiger partial charge in [-0.25, -0.2) is 4.98 Å². The Morgan fingerprint density at radius 3 is 2.59 bits per heavy atom. The van der Waals surface area contributed by atoms with Crippen molar-refractivity contribution in [2.45, 2.75) is 17.1 Å². The molecule has 1 aromatic heterocycles. The SMILES string of the molecule is C[C@H](Sc1ccc2ccccc2c1)C(O)=C(C#N)c1nc2ccccc2[nH]1. The lowest BCUT2D eigenvalue weighted by Gasteiger charge is -2.12. The first kappa shape index (κ1) is 17.2. The Hall–Kier alpha value is -3.23. The fraction of sp³-hybridized carbons (Fsp3) is 0.0909. The minimum absolute atomic E-state index is 0.0229. The lowest BCUT2D eigenvalue weighted by molar-refractivity contribution is 0.402. The van der Waals surface area contributed by atoms with E-state index in [9.17, 15) is 10.4 Å². The van der Waals surface area contributed by atoms with Crippen LogP contribution in [0.15, 0.2) is 77.4 Å². The minimum atomic E-state index is -0.283. The number of aliphatic hydroxyl groups is 1. The van der Waals surface area contributed by atoms with Crippen molar-refractivity contribution in [1.29, 1.82) is 5.26 Å². The standard InChI is InChI=1S/C22H17N3OS/c1-14(27-17-11-10-15-6-2-3-7-16(15)12-17)21(26)18(13-23)22-24-19-8-4-5-9-20(19)25-22/h2-12,14,26H,1H3,(H,24,25)/t14-/m0/s1. The predicted molar refractivity (Wildman–Crippen MR) is 111 cm³/mol. The van der Waals surface area contributed by atoms with Gasteiger partial charge in [0.25, 0.3) is 0 Å². The Morgan fingerprint density at radius 1 is 1.07 bits per heavy atom. The van der Waals surface area contributed by atoms with Crippen LogP contribution in [0.2, 0.25) is 0 Å². The van der Waals surface area contributed by atoms with Crippen molar-refractivity contribution in [3.8, 4) is 6.07 Å². The lowest BCUT2D eigenvalue weighted by atomic mass is 10.1. The van der Waals surface area contributed by atoms with Gasteiger partial charge in [0, 0.05) is 4.90 Å². The number of H-pyrrole nitrogens is 1. The smallest absolute Gasteiger partial charge is 0.152 e. The van der Waals surface area contributed by atoms with Gasteiger partial charge in [0.15, 0.2) is 5.82 Å². The number of aromatic nitrogens is 2. The van der Waals surface area contributed by atoms with Crippen molar-refractivity contribution in [2.75, 3.05) is 0 Å². The molecule has 0 spiro atoms. The van der Waals surface area contributed by atoms with Gasteiger partial charge < -0.3 is 10.1 Å². The van der Waals surface area contributed by atoms with E-state index in [-0.39, 0.29) is 16.6 Å². The number of nitrogens with one attached hydrogen (secondary N) is 1. The molecule has 0 saturated heterocycles. The van der Waals surface area contributed by atoms with Gasteiger partial charge in [-0.3, -0.25) is 0 Å². The number of hydrogen-bond acceptors (Lipinski definition) is 4. The summed E-state index contributed by atoms with van der Waals surface area (Å²) in [6, 6.07) is 24.0.